The van der Waals surface area contributed by atoms with Crippen LogP contribution in [0, 0.1) is 0 Å². The van der Waals surface area contributed by atoms with Crippen LogP contribution in [-0.2, 0) is 19.3 Å². The summed E-state index contributed by atoms with van der Waals surface area (Å²) in [5.41, 5.74) is 0. The van der Waals surface area contributed by atoms with Gasteiger partial charge in [-0.3, -0.25) is 4.79 Å². The maximum absolute atomic E-state index is 10.8. The number of carboxylic acids is 1. The van der Waals surface area contributed by atoms with Crippen LogP contribution >= 0.6 is 0 Å². The Hall–Kier alpha value is -1.43. The fraction of sp³-hybridized carbons (Fsp3) is 0.731. The summed E-state index contributed by atoms with van der Waals surface area (Å²) in [4.78, 5) is 21.5. The van der Waals surface area contributed by atoms with E-state index in [9.17, 15) is 4.79 Å². The Kier molecular flexibility index (Phi) is 13.5. The SMILES string of the molecule is C=CCC/C=C\C=C/CCCCCCCC[C@H]1CC[C@H]([C@@H]2CC[C@@H](CC(=O)O)OO2)O1. The van der Waals surface area contributed by atoms with Gasteiger partial charge in [-0.25, -0.2) is 9.78 Å². The molecule has 2 saturated heterocycles. The molecule has 0 spiro atoms. The maximum Gasteiger partial charge on any atom is 0.306 e. The molecule has 5 nitrogen and oxygen atoms in total. The van der Waals surface area contributed by atoms with Gasteiger partial charge < -0.3 is 9.84 Å². The van der Waals surface area contributed by atoms with Crippen molar-refractivity contribution in [1.82, 2.24) is 0 Å². The zero-order chi connectivity index (χ0) is 22.2. The minimum atomic E-state index is -0.844. The van der Waals surface area contributed by atoms with E-state index in [0.717, 1.165) is 44.9 Å². The third-order valence-electron chi connectivity index (χ3n) is 6.11. The average molecular weight is 435 g/mol. The number of aliphatic carboxylic acids is 1. The van der Waals surface area contributed by atoms with E-state index in [1.54, 1.807) is 0 Å². The molecule has 5 heteroatoms. The Morgan fingerprint density at radius 1 is 0.806 bits per heavy atom. The fourth-order valence-corrected chi connectivity index (χ4v) is 4.30. The van der Waals surface area contributed by atoms with Gasteiger partial charge in [-0.1, -0.05) is 62.5 Å². The lowest BCUT2D eigenvalue weighted by Crippen LogP contribution is -2.37. The lowest BCUT2D eigenvalue weighted by molar-refractivity contribution is -0.385. The quantitative estimate of drug-likeness (QED) is 0.127. The molecule has 0 bridgehead atoms. The van der Waals surface area contributed by atoms with Gasteiger partial charge in [-0.05, 0) is 57.8 Å². The van der Waals surface area contributed by atoms with E-state index < -0.39 is 5.97 Å². The maximum atomic E-state index is 10.8. The molecule has 2 fully saturated rings. The highest BCUT2D eigenvalue weighted by Crippen LogP contribution is 2.31. The minimum Gasteiger partial charge on any atom is -0.481 e. The number of unbranched alkanes of at least 4 members (excludes halogenated alkanes) is 7. The number of carbonyl (C=O) groups is 1. The first-order valence-electron chi connectivity index (χ1n) is 12.3. The average Bonchev–Trinajstić information content (AvgIpc) is 3.23. The summed E-state index contributed by atoms with van der Waals surface area (Å²) in [5, 5.41) is 8.84. The number of hydrogen-bond donors (Lipinski definition) is 1. The summed E-state index contributed by atoms with van der Waals surface area (Å²) in [6.07, 6.45) is 26.6. The number of carboxylic acid groups (broad SMARTS) is 1. The van der Waals surface area contributed by atoms with Crippen molar-refractivity contribution in [2.24, 2.45) is 0 Å². The number of hydrogen-bond acceptors (Lipinski definition) is 4. The molecule has 176 valence electrons. The predicted molar refractivity (Wildman–Crippen MR) is 124 cm³/mol. The topological polar surface area (TPSA) is 65.0 Å². The van der Waals surface area contributed by atoms with Crippen LogP contribution < -0.4 is 0 Å². The van der Waals surface area contributed by atoms with Crippen LogP contribution in [0.4, 0.5) is 0 Å². The van der Waals surface area contributed by atoms with Gasteiger partial charge in [0.25, 0.3) is 0 Å². The van der Waals surface area contributed by atoms with Crippen LogP contribution in [0.5, 0.6) is 0 Å². The Morgan fingerprint density at radius 2 is 1.48 bits per heavy atom. The first kappa shape index (κ1) is 25.8. The highest BCUT2D eigenvalue weighted by molar-refractivity contribution is 5.67. The first-order chi connectivity index (χ1) is 15.2. The summed E-state index contributed by atoms with van der Waals surface area (Å²) in [6, 6.07) is 0. The van der Waals surface area contributed by atoms with E-state index in [1.807, 2.05) is 6.08 Å². The Bertz CT molecular complexity index is 548. The van der Waals surface area contributed by atoms with E-state index in [4.69, 9.17) is 19.6 Å². The highest BCUT2D eigenvalue weighted by Gasteiger charge is 2.36. The monoisotopic (exact) mass is 434 g/mol. The van der Waals surface area contributed by atoms with Crippen molar-refractivity contribution in [2.45, 2.75) is 121 Å². The molecule has 0 aliphatic carbocycles. The van der Waals surface area contributed by atoms with Crippen molar-refractivity contribution in [3.8, 4) is 0 Å². The summed E-state index contributed by atoms with van der Waals surface area (Å²) in [6.45, 7) is 3.72. The minimum absolute atomic E-state index is 0.00529. The van der Waals surface area contributed by atoms with E-state index >= 15 is 0 Å². The summed E-state index contributed by atoms with van der Waals surface area (Å²) < 4.78 is 6.19. The molecular weight excluding hydrogens is 392 g/mol. The van der Waals surface area contributed by atoms with Crippen LogP contribution in [-0.4, -0.2) is 35.5 Å². The van der Waals surface area contributed by atoms with Crippen molar-refractivity contribution in [1.29, 1.82) is 0 Å². The van der Waals surface area contributed by atoms with Gasteiger partial charge in [0, 0.05) is 0 Å². The fourth-order valence-electron chi connectivity index (χ4n) is 4.30. The van der Waals surface area contributed by atoms with Gasteiger partial charge in [0.2, 0.25) is 0 Å². The molecule has 0 aromatic heterocycles. The molecule has 0 saturated carbocycles. The Labute approximate surface area is 188 Å². The van der Waals surface area contributed by atoms with Gasteiger partial charge in [-0.2, -0.15) is 0 Å². The third-order valence-corrected chi connectivity index (χ3v) is 6.11. The molecule has 2 aliphatic heterocycles. The molecule has 2 aliphatic rings. The Balaban J connectivity index is 1.41. The van der Waals surface area contributed by atoms with Crippen LogP contribution in [0.2, 0.25) is 0 Å². The van der Waals surface area contributed by atoms with E-state index in [2.05, 4.69) is 30.9 Å². The summed E-state index contributed by atoms with van der Waals surface area (Å²) in [5.74, 6) is -0.844. The summed E-state index contributed by atoms with van der Waals surface area (Å²) >= 11 is 0. The lowest BCUT2D eigenvalue weighted by Gasteiger charge is -2.30. The predicted octanol–water partition coefficient (Wildman–Crippen LogP) is 6.69. The molecular formula is C26H42O5. The molecule has 2 rings (SSSR count). The number of allylic oxidation sites excluding steroid dienone is 5. The summed E-state index contributed by atoms with van der Waals surface area (Å²) in [7, 11) is 0. The molecule has 0 amide bonds. The van der Waals surface area contributed by atoms with Crippen LogP contribution in [0.15, 0.2) is 37.0 Å². The molecule has 0 aromatic carbocycles. The van der Waals surface area contributed by atoms with Crippen molar-refractivity contribution in [2.75, 3.05) is 0 Å². The first-order valence-corrected chi connectivity index (χ1v) is 12.3. The number of ether oxygens (including phenoxy) is 1. The molecule has 31 heavy (non-hydrogen) atoms. The van der Waals surface area contributed by atoms with Crippen molar-refractivity contribution in [3.63, 3.8) is 0 Å². The van der Waals surface area contributed by atoms with Gasteiger partial charge in [0.1, 0.15) is 12.2 Å². The molecule has 2 heterocycles. The molecule has 1 N–H and O–H groups in total. The van der Waals surface area contributed by atoms with Crippen molar-refractivity contribution >= 4 is 5.97 Å². The highest BCUT2D eigenvalue weighted by atomic mass is 17.2. The van der Waals surface area contributed by atoms with Crippen molar-refractivity contribution < 1.29 is 24.4 Å². The van der Waals surface area contributed by atoms with E-state index in [1.165, 1.54) is 44.9 Å². The van der Waals surface area contributed by atoms with E-state index in [0.29, 0.717) is 6.10 Å². The normalized spacial score (nSPS) is 26.7. The zero-order valence-corrected chi connectivity index (χ0v) is 19.1. The van der Waals surface area contributed by atoms with Gasteiger partial charge in [0.05, 0.1) is 18.6 Å². The molecule has 0 aromatic rings. The second kappa shape index (κ2) is 16.2. The van der Waals surface area contributed by atoms with Gasteiger partial charge in [0.15, 0.2) is 0 Å². The largest absolute Gasteiger partial charge is 0.481 e. The van der Waals surface area contributed by atoms with Gasteiger partial charge in [-0.15, -0.1) is 6.58 Å². The van der Waals surface area contributed by atoms with Crippen LogP contribution in [0.1, 0.15) is 96.3 Å². The second-order valence-corrected chi connectivity index (χ2v) is 8.82. The standard InChI is InChI=1S/C26H42O5/c1-2-3-4-5-6-7-8-9-10-11-12-13-14-15-16-22-17-19-24(29-22)25-20-18-23(30-31-25)21-26(27)28/h2,5-8,22-25H,1,3-4,9-21H2,(H,27,28)/b6-5-,8-7-/t22-,23-,24+,25-/m0/s1. The van der Waals surface area contributed by atoms with Crippen LogP contribution in [0.3, 0.4) is 0 Å². The number of rotatable bonds is 16. The van der Waals surface area contributed by atoms with Gasteiger partial charge >= 0.3 is 5.97 Å². The third kappa shape index (κ3) is 11.7. The Morgan fingerprint density at radius 3 is 2.19 bits per heavy atom. The smallest absolute Gasteiger partial charge is 0.306 e. The van der Waals surface area contributed by atoms with Crippen molar-refractivity contribution in [3.05, 3.63) is 37.0 Å². The lowest BCUT2D eigenvalue weighted by atomic mass is 10.0. The molecule has 4 atom stereocenters. The van der Waals surface area contributed by atoms with Crippen LogP contribution in [0.25, 0.3) is 0 Å². The molecule has 0 radical (unpaired) electrons. The van der Waals surface area contributed by atoms with E-state index in [-0.39, 0.29) is 24.7 Å². The molecule has 0 unspecified atom stereocenters. The zero-order valence-electron chi connectivity index (χ0n) is 19.1. The second-order valence-electron chi connectivity index (χ2n) is 8.82.